The normalized spacial score (nSPS) is 34.5. The number of hydrogen-bond donors (Lipinski definition) is 1. The van der Waals surface area contributed by atoms with Crippen molar-refractivity contribution in [3.8, 4) is 0 Å². The second-order valence-electron chi connectivity index (χ2n) is 5.68. The van der Waals surface area contributed by atoms with Gasteiger partial charge in [0.25, 0.3) is 0 Å². The van der Waals surface area contributed by atoms with Crippen LogP contribution in [-0.2, 0) is 0 Å². The van der Waals surface area contributed by atoms with E-state index >= 15 is 0 Å². The molecule has 0 aromatic heterocycles. The van der Waals surface area contributed by atoms with Gasteiger partial charge in [0.1, 0.15) is 0 Å². The minimum atomic E-state index is 0.384. The minimum absolute atomic E-state index is 0.384. The highest BCUT2D eigenvalue weighted by molar-refractivity contribution is 8.01. The molecule has 0 spiro atoms. The van der Waals surface area contributed by atoms with Gasteiger partial charge >= 0.3 is 0 Å². The molecule has 0 saturated heterocycles. The Hall–Kier alpha value is 0.310. The molecule has 0 aromatic rings. The van der Waals surface area contributed by atoms with Crippen molar-refractivity contribution in [1.82, 2.24) is 0 Å². The highest BCUT2D eigenvalue weighted by atomic mass is 32.2. The van der Waals surface area contributed by atoms with E-state index in [1.54, 1.807) is 0 Å². The highest BCUT2D eigenvalue weighted by Gasteiger charge is 2.31. The Kier molecular flexibility index (Phi) is 4.32. The zero-order valence-corrected chi connectivity index (χ0v) is 10.9. The third-order valence-electron chi connectivity index (χ3n) is 3.00. The quantitative estimate of drug-likeness (QED) is 0.765. The van der Waals surface area contributed by atoms with Crippen LogP contribution in [0.4, 0.5) is 0 Å². The van der Waals surface area contributed by atoms with Crippen molar-refractivity contribution < 1.29 is 0 Å². The molecule has 1 aliphatic rings. The summed E-state index contributed by atoms with van der Waals surface area (Å²) in [7, 11) is 0. The van der Waals surface area contributed by atoms with Crippen LogP contribution in [0.2, 0.25) is 0 Å². The molecule has 2 heteroatoms. The van der Waals surface area contributed by atoms with Gasteiger partial charge in [0.05, 0.1) is 0 Å². The van der Waals surface area contributed by atoms with E-state index in [0.717, 1.165) is 23.6 Å². The van der Waals surface area contributed by atoms with Gasteiger partial charge in [-0.15, -0.1) is 0 Å². The van der Waals surface area contributed by atoms with Crippen LogP contribution in [-0.4, -0.2) is 16.5 Å². The molecule has 1 nitrogen and oxygen atoms in total. The number of thioether (sulfide) groups is 1. The first-order valence-electron chi connectivity index (χ1n) is 5.80. The summed E-state index contributed by atoms with van der Waals surface area (Å²) in [5.74, 6) is 1.66. The Morgan fingerprint density at radius 3 is 2.43 bits per heavy atom. The zero-order chi connectivity index (χ0) is 10.8. The third-order valence-corrected chi connectivity index (χ3v) is 4.59. The van der Waals surface area contributed by atoms with Crippen LogP contribution in [0.3, 0.4) is 0 Å². The van der Waals surface area contributed by atoms with Gasteiger partial charge in [-0.05, 0) is 31.2 Å². The molecule has 0 aromatic carbocycles. The van der Waals surface area contributed by atoms with Crippen molar-refractivity contribution in [1.29, 1.82) is 0 Å². The first-order valence-corrected chi connectivity index (χ1v) is 6.68. The molecule has 0 heterocycles. The lowest BCUT2D eigenvalue weighted by atomic mass is 9.82. The van der Waals surface area contributed by atoms with E-state index in [0.29, 0.717) is 4.75 Å². The highest BCUT2D eigenvalue weighted by Crippen LogP contribution is 2.41. The molecule has 1 aliphatic carbocycles. The fourth-order valence-electron chi connectivity index (χ4n) is 2.26. The van der Waals surface area contributed by atoms with Gasteiger partial charge in [-0.2, -0.15) is 11.8 Å². The molecule has 0 radical (unpaired) electrons. The predicted octanol–water partition coefficient (Wildman–Crippen LogP) is 3.28. The van der Waals surface area contributed by atoms with E-state index in [1.165, 1.54) is 19.3 Å². The maximum absolute atomic E-state index is 5.84. The lowest BCUT2D eigenvalue weighted by molar-refractivity contribution is 0.305. The molecule has 14 heavy (non-hydrogen) atoms. The SMILES string of the molecule is CC1CCC(CN)C(SC(C)(C)C)C1. The fourth-order valence-corrected chi connectivity index (χ4v) is 4.03. The Morgan fingerprint density at radius 2 is 1.93 bits per heavy atom. The van der Waals surface area contributed by atoms with Gasteiger partial charge in [-0.1, -0.05) is 34.1 Å². The average molecular weight is 215 g/mol. The van der Waals surface area contributed by atoms with E-state index in [1.807, 2.05) is 0 Å². The monoisotopic (exact) mass is 215 g/mol. The maximum Gasteiger partial charge on any atom is 0.00951 e. The fraction of sp³-hybridized carbons (Fsp3) is 1.00. The zero-order valence-electron chi connectivity index (χ0n) is 10.0. The summed E-state index contributed by atoms with van der Waals surface area (Å²) in [6.07, 6.45) is 4.08. The first-order chi connectivity index (χ1) is 6.42. The van der Waals surface area contributed by atoms with Crippen molar-refractivity contribution in [3.63, 3.8) is 0 Å². The van der Waals surface area contributed by atoms with Crippen LogP contribution in [0.15, 0.2) is 0 Å². The van der Waals surface area contributed by atoms with E-state index in [9.17, 15) is 0 Å². The van der Waals surface area contributed by atoms with Gasteiger partial charge in [-0.3, -0.25) is 0 Å². The minimum Gasteiger partial charge on any atom is -0.330 e. The second-order valence-corrected chi connectivity index (χ2v) is 7.75. The van der Waals surface area contributed by atoms with E-state index < -0.39 is 0 Å². The van der Waals surface area contributed by atoms with Crippen molar-refractivity contribution in [3.05, 3.63) is 0 Å². The Morgan fingerprint density at radius 1 is 1.29 bits per heavy atom. The molecule has 1 saturated carbocycles. The van der Waals surface area contributed by atoms with E-state index in [4.69, 9.17) is 5.73 Å². The molecular formula is C12H25NS. The smallest absolute Gasteiger partial charge is 0.00951 e. The standard InChI is InChI=1S/C12H25NS/c1-9-5-6-10(8-13)11(7-9)14-12(2,3)4/h9-11H,5-8,13H2,1-4H3. The predicted molar refractivity (Wildman–Crippen MR) is 66.7 cm³/mol. The molecule has 0 amide bonds. The van der Waals surface area contributed by atoms with Gasteiger partial charge in [0.15, 0.2) is 0 Å². The van der Waals surface area contributed by atoms with Crippen molar-refractivity contribution in [2.24, 2.45) is 17.6 Å². The number of nitrogens with two attached hydrogens (primary N) is 1. The Bertz CT molecular complexity index is 174. The molecular weight excluding hydrogens is 190 g/mol. The molecule has 1 fully saturated rings. The molecule has 1 rings (SSSR count). The number of hydrogen-bond acceptors (Lipinski definition) is 2. The third kappa shape index (κ3) is 3.82. The maximum atomic E-state index is 5.84. The topological polar surface area (TPSA) is 26.0 Å². The van der Waals surface area contributed by atoms with Gasteiger partial charge in [0.2, 0.25) is 0 Å². The van der Waals surface area contributed by atoms with Crippen molar-refractivity contribution >= 4 is 11.8 Å². The lowest BCUT2D eigenvalue weighted by Gasteiger charge is -2.37. The summed E-state index contributed by atoms with van der Waals surface area (Å²) >= 11 is 2.13. The second kappa shape index (κ2) is 4.89. The Balaban J connectivity index is 2.53. The van der Waals surface area contributed by atoms with Crippen LogP contribution in [0.25, 0.3) is 0 Å². The lowest BCUT2D eigenvalue weighted by Crippen LogP contribution is -2.34. The summed E-state index contributed by atoms with van der Waals surface area (Å²) in [6, 6.07) is 0. The van der Waals surface area contributed by atoms with Crippen LogP contribution in [0, 0.1) is 11.8 Å². The summed E-state index contributed by atoms with van der Waals surface area (Å²) < 4.78 is 0.384. The average Bonchev–Trinajstić information content (AvgIpc) is 2.01. The Labute approximate surface area is 93.2 Å². The number of rotatable bonds is 2. The summed E-state index contributed by atoms with van der Waals surface area (Å²) in [6.45, 7) is 10.2. The molecule has 2 N–H and O–H groups in total. The van der Waals surface area contributed by atoms with Crippen molar-refractivity contribution in [2.75, 3.05) is 6.54 Å². The molecule has 84 valence electrons. The summed E-state index contributed by atoms with van der Waals surface area (Å²) in [5.41, 5.74) is 5.84. The molecule has 3 unspecified atom stereocenters. The van der Waals surface area contributed by atoms with Gasteiger partial charge in [0, 0.05) is 10.00 Å². The summed E-state index contributed by atoms with van der Waals surface area (Å²) in [4.78, 5) is 0. The van der Waals surface area contributed by atoms with Crippen LogP contribution < -0.4 is 5.73 Å². The molecule has 0 aliphatic heterocycles. The molecule has 0 bridgehead atoms. The molecule has 3 atom stereocenters. The summed E-state index contributed by atoms with van der Waals surface area (Å²) in [5, 5.41) is 0.795. The first kappa shape index (κ1) is 12.4. The van der Waals surface area contributed by atoms with E-state index in [-0.39, 0.29) is 0 Å². The van der Waals surface area contributed by atoms with E-state index in [2.05, 4.69) is 39.5 Å². The van der Waals surface area contributed by atoms with Gasteiger partial charge < -0.3 is 5.73 Å². The van der Waals surface area contributed by atoms with Crippen LogP contribution in [0.1, 0.15) is 47.0 Å². The van der Waals surface area contributed by atoms with Gasteiger partial charge in [-0.25, -0.2) is 0 Å². The van der Waals surface area contributed by atoms with Crippen LogP contribution >= 0.6 is 11.8 Å². The largest absolute Gasteiger partial charge is 0.330 e. The van der Waals surface area contributed by atoms with Crippen LogP contribution in [0.5, 0.6) is 0 Å². The van der Waals surface area contributed by atoms with Crippen molar-refractivity contribution in [2.45, 2.75) is 57.0 Å².